The molecule has 0 saturated carbocycles. The standard InChI is InChI=1S/C26H33N3O5S/c1-18(2)9-10-21-11-12-25-23(14-21)34-24(16-28(5)26(31)22-8-6-7-13-27-22)19(3)15-29(20(4)17-30)35(25,32)33/h6-8,11-14,18-20,24,30H,15-17H2,1-5H3/t19-,20+,24+/m0/s1. The molecular formula is C26H33N3O5S. The number of likely N-dealkylation sites (N-methyl/N-ethyl adjacent to an activating group) is 1. The van der Waals surface area contributed by atoms with Crippen LogP contribution in [0.5, 0.6) is 5.75 Å². The summed E-state index contributed by atoms with van der Waals surface area (Å²) in [5, 5.41) is 9.78. The largest absolute Gasteiger partial charge is 0.487 e. The SMILES string of the molecule is CC(C)C#Cc1ccc2c(c1)O[C@H](CN(C)C(=O)c1ccccn1)[C@@H](C)CN([C@H](C)CO)S2(=O)=O. The zero-order valence-corrected chi connectivity index (χ0v) is 21.6. The molecule has 9 heteroatoms. The Kier molecular flexibility index (Phi) is 8.54. The number of aliphatic hydroxyl groups is 1. The van der Waals surface area contributed by atoms with Crippen molar-refractivity contribution in [3.63, 3.8) is 0 Å². The molecular weight excluding hydrogens is 466 g/mol. The van der Waals surface area contributed by atoms with Crippen LogP contribution in [0.1, 0.15) is 43.7 Å². The lowest BCUT2D eigenvalue weighted by atomic mass is 10.0. The molecule has 0 spiro atoms. The molecule has 3 rings (SSSR count). The third kappa shape index (κ3) is 6.20. The number of ether oxygens (including phenoxy) is 1. The molecule has 3 atom stereocenters. The molecule has 188 valence electrons. The molecule has 1 aromatic heterocycles. The fourth-order valence-electron chi connectivity index (χ4n) is 3.79. The molecule has 0 bridgehead atoms. The van der Waals surface area contributed by atoms with E-state index >= 15 is 0 Å². The van der Waals surface area contributed by atoms with E-state index in [1.807, 2.05) is 20.8 Å². The van der Waals surface area contributed by atoms with Gasteiger partial charge in [-0.3, -0.25) is 9.78 Å². The molecule has 0 aliphatic carbocycles. The van der Waals surface area contributed by atoms with Crippen LogP contribution in [0, 0.1) is 23.7 Å². The highest BCUT2D eigenvalue weighted by Gasteiger charge is 2.38. The first-order valence-corrected chi connectivity index (χ1v) is 13.1. The minimum atomic E-state index is -3.94. The average molecular weight is 500 g/mol. The van der Waals surface area contributed by atoms with E-state index in [0.717, 1.165) is 0 Å². The first-order valence-electron chi connectivity index (χ1n) is 11.7. The molecule has 0 saturated heterocycles. The fraction of sp³-hybridized carbons (Fsp3) is 0.462. The molecule has 1 aromatic carbocycles. The van der Waals surface area contributed by atoms with Crippen molar-refractivity contribution in [3.05, 3.63) is 53.9 Å². The summed E-state index contributed by atoms with van der Waals surface area (Å²) in [4.78, 5) is 18.6. The van der Waals surface area contributed by atoms with E-state index in [0.29, 0.717) is 11.3 Å². The number of pyridine rings is 1. The van der Waals surface area contributed by atoms with E-state index in [1.165, 1.54) is 15.3 Å². The van der Waals surface area contributed by atoms with E-state index in [9.17, 15) is 18.3 Å². The third-order valence-corrected chi connectivity index (χ3v) is 7.88. The quantitative estimate of drug-likeness (QED) is 0.635. The Labute approximate surface area is 208 Å². The van der Waals surface area contributed by atoms with Crippen LogP contribution >= 0.6 is 0 Å². The summed E-state index contributed by atoms with van der Waals surface area (Å²) in [6, 6.07) is 9.31. The second kappa shape index (κ2) is 11.2. The van der Waals surface area contributed by atoms with E-state index in [2.05, 4.69) is 16.8 Å². The summed E-state index contributed by atoms with van der Waals surface area (Å²) in [7, 11) is -2.27. The molecule has 35 heavy (non-hydrogen) atoms. The van der Waals surface area contributed by atoms with Crippen LogP contribution in [0.3, 0.4) is 0 Å². The smallest absolute Gasteiger partial charge is 0.272 e. The van der Waals surface area contributed by atoms with Crippen LogP contribution in [-0.4, -0.2) is 72.5 Å². The Balaban J connectivity index is 2.02. The maximum atomic E-state index is 13.5. The number of hydrogen-bond acceptors (Lipinski definition) is 6. The zero-order chi connectivity index (χ0) is 25.8. The number of rotatable bonds is 5. The van der Waals surface area contributed by atoms with Crippen molar-refractivity contribution in [2.45, 2.75) is 44.7 Å². The van der Waals surface area contributed by atoms with Gasteiger partial charge in [-0.2, -0.15) is 4.31 Å². The van der Waals surface area contributed by atoms with Gasteiger partial charge in [0, 0.05) is 43.2 Å². The highest BCUT2D eigenvalue weighted by atomic mass is 32.2. The Morgan fingerprint density at radius 2 is 2.03 bits per heavy atom. The van der Waals surface area contributed by atoms with Gasteiger partial charge in [-0.25, -0.2) is 8.42 Å². The number of hydrogen-bond donors (Lipinski definition) is 1. The van der Waals surface area contributed by atoms with Gasteiger partial charge in [-0.15, -0.1) is 0 Å². The number of sulfonamides is 1. The van der Waals surface area contributed by atoms with Gasteiger partial charge in [-0.1, -0.05) is 38.7 Å². The van der Waals surface area contributed by atoms with Crippen molar-refractivity contribution in [2.75, 3.05) is 26.7 Å². The van der Waals surface area contributed by atoms with Crippen molar-refractivity contribution in [2.24, 2.45) is 11.8 Å². The monoisotopic (exact) mass is 499 g/mol. The highest BCUT2D eigenvalue weighted by Crippen LogP contribution is 2.34. The average Bonchev–Trinajstić information content (AvgIpc) is 2.84. The number of carbonyl (C=O) groups is 1. The number of benzene rings is 1. The topological polar surface area (TPSA) is 100 Å². The molecule has 0 radical (unpaired) electrons. The summed E-state index contributed by atoms with van der Waals surface area (Å²) in [6.45, 7) is 7.53. The van der Waals surface area contributed by atoms with Gasteiger partial charge >= 0.3 is 0 Å². The van der Waals surface area contributed by atoms with Crippen molar-refractivity contribution >= 4 is 15.9 Å². The summed E-state index contributed by atoms with van der Waals surface area (Å²) in [6.07, 6.45) is 1.05. The molecule has 2 heterocycles. The van der Waals surface area contributed by atoms with Gasteiger partial charge in [-0.05, 0) is 37.3 Å². The third-order valence-electron chi connectivity index (χ3n) is 5.86. The molecule has 1 N–H and O–H groups in total. The minimum Gasteiger partial charge on any atom is -0.487 e. The lowest BCUT2D eigenvalue weighted by molar-refractivity contribution is 0.0559. The maximum absolute atomic E-state index is 13.5. The predicted molar refractivity (Wildman–Crippen MR) is 133 cm³/mol. The Morgan fingerprint density at radius 1 is 1.29 bits per heavy atom. The Hall–Kier alpha value is -2.93. The first-order chi connectivity index (χ1) is 16.5. The van der Waals surface area contributed by atoms with Gasteiger partial charge in [0.15, 0.2) is 0 Å². The highest BCUT2D eigenvalue weighted by molar-refractivity contribution is 7.89. The van der Waals surface area contributed by atoms with Crippen LogP contribution in [-0.2, 0) is 10.0 Å². The van der Waals surface area contributed by atoms with Gasteiger partial charge in [0.05, 0.1) is 13.2 Å². The molecule has 1 amide bonds. The summed E-state index contributed by atoms with van der Waals surface area (Å²) in [5.74, 6) is 5.94. The van der Waals surface area contributed by atoms with Gasteiger partial charge in [0.25, 0.3) is 5.91 Å². The normalized spacial score (nSPS) is 20.4. The second-order valence-corrected chi connectivity index (χ2v) is 11.1. The van der Waals surface area contributed by atoms with Gasteiger partial charge < -0.3 is 14.7 Å². The van der Waals surface area contributed by atoms with Crippen molar-refractivity contribution < 1.29 is 23.1 Å². The fourth-order valence-corrected chi connectivity index (χ4v) is 5.61. The molecule has 1 aliphatic rings. The maximum Gasteiger partial charge on any atom is 0.272 e. The van der Waals surface area contributed by atoms with Gasteiger partial charge in [0.1, 0.15) is 22.4 Å². The number of carbonyl (C=O) groups excluding carboxylic acids is 1. The van der Waals surface area contributed by atoms with Crippen molar-refractivity contribution in [1.82, 2.24) is 14.2 Å². The van der Waals surface area contributed by atoms with Crippen LogP contribution < -0.4 is 4.74 Å². The molecule has 0 fully saturated rings. The van der Waals surface area contributed by atoms with Crippen molar-refractivity contribution in [3.8, 4) is 17.6 Å². The van der Waals surface area contributed by atoms with E-state index in [4.69, 9.17) is 4.74 Å². The van der Waals surface area contributed by atoms with E-state index in [1.54, 1.807) is 50.5 Å². The lowest BCUT2D eigenvalue weighted by Crippen LogP contribution is -2.50. The number of amides is 1. The van der Waals surface area contributed by atoms with Gasteiger partial charge in [0.2, 0.25) is 10.0 Å². The number of fused-ring (bicyclic) bond motifs is 1. The molecule has 1 aliphatic heterocycles. The molecule has 0 unspecified atom stereocenters. The lowest BCUT2D eigenvalue weighted by Gasteiger charge is -2.37. The summed E-state index contributed by atoms with van der Waals surface area (Å²) in [5.41, 5.74) is 0.956. The van der Waals surface area contributed by atoms with Crippen molar-refractivity contribution in [1.29, 1.82) is 0 Å². The number of aromatic nitrogens is 1. The first kappa shape index (κ1) is 26.7. The van der Waals surface area contributed by atoms with E-state index in [-0.39, 0.29) is 48.1 Å². The van der Waals surface area contributed by atoms with Crippen LogP contribution in [0.4, 0.5) is 0 Å². The van der Waals surface area contributed by atoms with Crippen LogP contribution in [0.2, 0.25) is 0 Å². The zero-order valence-electron chi connectivity index (χ0n) is 20.8. The summed E-state index contributed by atoms with van der Waals surface area (Å²) < 4.78 is 34.7. The Bertz CT molecular complexity index is 1200. The van der Waals surface area contributed by atoms with Crippen LogP contribution in [0.25, 0.3) is 0 Å². The number of nitrogens with zero attached hydrogens (tertiary/aromatic N) is 3. The summed E-state index contributed by atoms with van der Waals surface area (Å²) >= 11 is 0. The predicted octanol–water partition coefficient (Wildman–Crippen LogP) is 2.63. The molecule has 2 aromatic rings. The minimum absolute atomic E-state index is 0.0171. The second-order valence-electron chi connectivity index (χ2n) is 9.23. The van der Waals surface area contributed by atoms with E-state index < -0.39 is 22.2 Å². The van der Waals surface area contributed by atoms with Crippen LogP contribution in [0.15, 0.2) is 47.5 Å². The molecule has 8 nitrogen and oxygen atoms in total. The number of aliphatic hydroxyl groups excluding tert-OH is 1. The Morgan fingerprint density at radius 3 is 2.66 bits per heavy atom.